The highest BCUT2D eigenvalue weighted by molar-refractivity contribution is 6.32. The molecule has 0 fully saturated rings. The number of hydrogen-bond acceptors (Lipinski definition) is 3. The first-order valence-electron chi connectivity index (χ1n) is 8.41. The number of nitrogens with one attached hydrogen (secondary N) is 1. The summed E-state index contributed by atoms with van der Waals surface area (Å²) in [6.07, 6.45) is 1.09. The Morgan fingerprint density at radius 3 is 2.13 bits per heavy atom. The van der Waals surface area contributed by atoms with E-state index in [4.69, 9.17) is 21.1 Å². The SMILES string of the molecule is CCOc1cc(CNC(C)(C)CC(C)(C)C)cc(Cl)c1OCC. The molecule has 1 rings (SSSR count). The maximum absolute atomic E-state index is 6.37. The fourth-order valence-electron chi connectivity index (χ4n) is 3.00. The van der Waals surface area contributed by atoms with Gasteiger partial charge in [-0.15, -0.1) is 0 Å². The van der Waals surface area contributed by atoms with Gasteiger partial charge in [-0.05, 0) is 57.2 Å². The molecule has 0 radical (unpaired) electrons. The first-order valence-corrected chi connectivity index (χ1v) is 8.79. The van der Waals surface area contributed by atoms with Crippen molar-refractivity contribution in [2.45, 2.75) is 67.0 Å². The molecule has 1 aromatic rings. The minimum absolute atomic E-state index is 0.0507. The Kier molecular flexibility index (Phi) is 7.22. The van der Waals surface area contributed by atoms with Gasteiger partial charge in [-0.3, -0.25) is 0 Å². The number of benzene rings is 1. The molecule has 23 heavy (non-hydrogen) atoms. The standard InChI is InChI=1S/C19H32ClNO2/c1-8-22-16-11-14(10-15(20)17(16)23-9-2)12-21-19(6,7)13-18(3,4)5/h10-11,21H,8-9,12-13H2,1-7H3. The zero-order chi connectivity index (χ0) is 17.7. The number of halogens is 1. The van der Waals surface area contributed by atoms with Gasteiger partial charge in [0.25, 0.3) is 0 Å². The molecule has 1 aromatic carbocycles. The summed E-state index contributed by atoms with van der Waals surface area (Å²) in [5.74, 6) is 1.35. The average molecular weight is 342 g/mol. The van der Waals surface area contributed by atoms with Crippen molar-refractivity contribution in [1.29, 1.82) is 0 Å². The van der Waals surface area contributed by atoms with Crippen molar-refractivity contribution in [3.8, 4) is 11.5 Å². The number of hydrogen-bond donors (Lipinski definition) is 1. The lowest BCUT2D eigenvalue weighted by Crippen LogP contribution is -2.41. The Balaban J connectivity index is 2.88. The van der Waals surface area contributed by atoms with Crippen molar-refractivity contribution in [3.05, 3.63) is 22.7 Å². The van der Waals surface area contributed by atoms with Crippen LogP contribution in [0.15, 0.2) is 12.1 Å². The lowest BCUT2D eigenvalue weighted by molar-refractivity contribution is 0.240. The third-order valence-corrected chi connectivity index (χ3v) is 3.68. The molecular formula is C19H32ClNO2. The maximum Gasteiger partial charge on any atom is 0.179 e. The van der Waals surface area contributed by atoms with Crippen LogP contribution in [0.3, 0.4) is 0 Å². The second-order valence-electron chi connectivity index (χ2n) is 7.75. The highest BCUT2D eigenvalue weighted by atomic mass is 35.5. The second kappa shape index (κ2) is 8.25. The Morgan fingerprint density at radius 2 is 1.61 bits per heavy atom. The minimum Gasteiger partial charge on any atom is -0.490 e. The quantitative estimate of drug-likeness (QED) is 0.682. The fourth-order valence-corrected chi connectivity index (χ4v) is 3.29. The summed E-state index contributed by atoms with van der Waals surface area (Å²) in [6, 6.07) is 3.97. The van der Waals surface area contributed by atoms with Crippen molar-refractivity contribution in [2.24, 2.45) is 5.41 Å². The van der Waals surface area contributed by atoms with Crippen LogP contribution < -0.4 is 14.8 Å². The van der Waals surface area contributed by atoms with Gasteiger partial charge in [0.1, 0.15) is 0 Å². The predicted molar refractivity (Wildman–Crippen MR) is 98.8 cm³/mol. The van der Waals surface area contributed by atoms with Crippen LogP contribution in [0.25, 0.3) is 0 Å². The molecule has 0 spiro atoms. The molecule has 132 valence electrons. The van der Waals surface area contributed by atoms with Gasteiger partial charge in [0.15, 0.2) is 11.5 Å². The zero-order valence-corrected chi connectivity index (χ0v) is 16.4. The summed E-state index contributed by atoms with van der Waals surface area (Å²) >= 11 is 6.37. The van der Waals surface area contributed by atoms with E-state index in [1.807, 2.05) is 26.0 Å². The zero-order valence-electron chi connectivity index (χ0n) is 15.7. The molecule has 0 atom stereocenters. The van der Waals surface area contributed by atoms with Gasteiger partial charge in [-0.25, -0.2) is 0 Å². The average Bonchev–Trinajstić information content (AvgIpc) is 2.38. The molecule has 0 bridgehead atoms. The predicted octanol–water partition coefficient (Wildman–Crippen LogP) is 5.44. The highest BCUT2D eigenvalue weighted by Gasteiger charge is 2.25. The summed E-state index contributed by atoms with van der Waals surface area (Å²) in [5, 5.41) is 4.23. The van der Waals surface area contributed by atoms with Gasteiger partial charge < -0.3 is 14.8 Å². The molecule has 0 aliphatic heterocycles. The second-order valence-corrected chi connectivity index (χ2v) is 8.15. The smallest absolute Gasteiger partial charge is 0.179 e. The molecule has 0 saturated heterocycles. The van der Waals surface area contributed by atoms with E-state index in [9.17, 15) is 0 Å². The van der Waals surface area contributed by atoms with E-state index in [-0.39, 0.29) is 11.0 Å². The normalized spacial score (nSPS) is 12.3. The molecule has 4 heteroatoms. The summed E-state index contributed by atoms with van der Waals surface area (Å²) in [7, 11) is 0. The van der Waals surface area contributed by atoms with Crippen LogP contribution >= 0.6 is 11.6 Å². The van der Waals surface area contributed by atoms with Crippen LogP contribution in [0, 0.1) is 5.41 Å². The molecule has 0 aromatic heterocycles. The lowest BCUT2D eigenvalue weighted by Gasteiger charge is -2.33. The first-order chi connectivity index (χ1) is 10.6. The van der Waals surface area contributed by atoms with Gasteiger partial charge >= 0.3 is 0 Å². The van der Waals surface area contributed by atoms with Crippen molar-refractivity contribution in [2.75, 3.05) is 13.2 Å². The minimum atomic E-state index is 0.0507. The van der Waals surface area contributed by atoms with Crippen LogP contribution in [0.1, 0.15) is 60.5 Å². The van der Waals surface area contributed by atoms with Crippen molar-refractivity contribution in [3.63, 3.8) is 0 Å². The van der Waals surface area contributed by atoms with E-state index < -0.39 is 0 Å². The molecule has 0 aliphatic carbocycles. The van der Waals surface area contributed by atoms with E-state index in [0.717, 1.165) is 18.5 Å². The van der Waals surface area contributed by atoms with E-state index >= 15 is 0 Å². The third kappa shape index (κ3) is 7.01. The molecule has 0 unspecified atom stereocenters. The van der Waals surface area contributed by atoms with Gasteiger partial charge in [0.05, 0.1) is 18.2 Å². The van der Waals surface area contributed by atoms with Crippen LogP contribution in [-0.4, -0.2) is 18.8 Å². The topological polar surface area (TPSA) is 30.5 Å². The van der Waals surface area contributed by atoms with Crippen LogP contribution in [0.5, 0.6) is 11.5 Å². The Labute approximate surface area is 146 Å². The largest absolute Gasteiger partial charge is 0.490 e. The third-order valence-electron chi connectivity index (χ3n) is 3.40. The van der Waals surface area contributed by atoms with Gasteiger partial charge in [-0.1, -0.05) is 32.4 Å². The van der Waals surface area contributed by atoms with E-state index in [2.05, 4.69) is 39.9 Å². The molecule has 0 amide bonds. The highest BCUT2D eigenvalue weighted by Crippen LogP contribution is 2.37. The first kappa shape index (κ1) is 20.1. The summed E-state index contributed by atoms with van der Waals surface area (Å²) in [6.45, 7) is 17.0. The monoisotopic (exact) mass is 341 g/mol. The molecular weight excluding hydrogens is 310 g/mol. The van der Waals surface area contributed by atoms with Crippen molar-refractivity contribution in [1.82, 2.24) is 5.32 Å². The van der Waals surface area contributed by atoms with E-state index in [1.165, 1.54) is 0 Å². The van der Waals surface area contributed by atoms with Crippen molar-refractivity contribution >= 4 is 11.6 Å². The van der Waals surface area contributed by atoms with Crippen molar-refractivity contribution < 1.29 is 9.47 Å². The number of rotatable bonds is 8. The summed E-state index contributed by atoms with van der Waals surface area (Å²) in [4.78, 5) is 0. The van der Waals surface area contributed by atoms with Crippen LogP contribution in [-0.2, 0) is 6.54 Å². The molecule has 0 aliphatic rings. The Morgan fingerprint density at radius 1 is 1.00 bits per heavy atom. The Hall–Kier alpha value is -0.930. The summed E-state index contributed by atoms with van der Waals surface area (Å²) in [5.41, 5.74) is 1.43. The fraction of sp³-hybridized carbons (Fsp3) is 0.684. The molecule has 3 nitrogen and oxygen atoms in total. The van der Waals surface area contributed by atoms with Gasteiger partial charge in [-0.2, -0.15) is 0 Å². The molecule has 0 saturated carbocycles. The van der Waals surface area contributed by atoms with Crippen LogP contribution in [0.4, 0.5) is 0 Å². The Bertz CT molecular complexity index is 507. The molecule has 0 heterocycles. The molecule has 1 N–H and O–H groups in total. The van der Waals surface area contributed by atoms with E-state index in [1.54, 1.807) is 0 Å². The van der Waals surface area contributed by atoms with Gasteiger partial charge in [0, 0.05) is 12.1 Å². The van der Waals surface area contributed by atoms with Gasteiger partial charge in [0.2, 0.25) is 0 Å². The summed E-state index contributed by atoms with van der Waals surface area (Å²) < 4.78 is 11.3. The number of ether oxygens (including phenoxy) is 2. The maximum atomic E-state index is 6.37. The van der Waals surface area contributed by atoms with Crippen LogP contribution in [0.2, 0.25) is 5.02 Å². The lowest BCUT2D eigenvalue weighted by atomic mass is 9.82. The van der Waals surface area contributed by atoms with E-state index in [0.29, 0.717) is 29.7 Å².